The number of nitrogens with one attached hydrogen (secondary N) is 1. The topological polar surface area (TPSA) is 55.4 Å². The highest BCUT2D eigenvalue weighted by Crippen LogP contribution is 2.19. The fourth-order valence-electron chi connectivity index (χ4n) is 2.14. The van der Waals surface area contributed by atoms with Gasteiger partial charge in [-0.2, -0.15) is 0 Å². The quantitative estimate of drug-likeness (QED) is 0.878. The van der Waals surface area contributed by atoms with Gasteiger partial charge in [-0.25, -0.2) is 4.79 Å². The summed E-state index contributed by atoms with van der Waals surface area (Å²) in [6, 6.07) is 13.4. The van der Waals surface area contributed by atoms with E-state index in [2.05, 4.69) is 5.32 Å². The van der Waals surface area contributed by atoms with Crippen molar-refractivity contribution in [2.24, 2.45) is 0 Å². The minimum atomic E-state index is -0.774. The number of rotatable bonds is 4. The second-order valence-electron chi connectivity index (χ2n) is 5.39. The minimum absolute atomic E-state index is 0.230. The van der Waals surface area contributed by atoms with E-state index in [1.807, 2.05) is 30.3 Å². The molecule has 1 atom stereocenters. The van der Waals surface area contributed by atoms with Gasteiger partial charge in [-0.1, -0.05) is 30.3 Å². The summed E-state index contributed by atoms with van der Waals surface area (Å²) in [4.78, 5) is 23.9. The largest absolute Gasteiger partial charge is 0.449 e. The number of hydrogen-bond donors (Lipinski definition) is 1. The zero-order chi connectivity index (χ0) is 14.8. The SMILES string of the molecule is C[C@@H](OC(=O)c1ccc2ccccc2c1)C(=O)NC1CC1. The molecule has 4 nitrogen and oxygen atoms in total. The number of esters is 1. The maximum Gasteiger partial charge on any atom is 0.338 e. The number of fused-ring (bicyclic) bond motifs is 1. The van der Waals surface area contributed by atoms with E-state index in [0.29, 0.717) is 5.56 Å². The Kier molecular flexibility index (Phi) is 3.60. The third-order valence-electron chi connectivity index (χ3n) is 3.56. The minimum Gasteiger partial charge on any atom is -0.449 e. The highest BCUT2D eigenvalue weighted by Gasteiger charge is 2.27. The van der Waals surface area contributed by atoms with E-state index in [0.717, 1.165) is 23.6 Å². The van der Waals surface area contributed by atoms with E-state index in [1.54, 1.807) is 19.1 Å². The lowest BCUT2D eigenvalue weighted by Gasteiger charge is -2.13. The van der Waals surface area contributed by atoms with Crippen molar-refractivity contribution in [3.8, 4) is 0 Å². The van der Waals surface area contributed by atoms with Crippen LogP contribution in [0.5, 0.6) is 0 Å². The predicted octanol–water partition coefficient (Wildman–Crippen LogP) is 2.66. The van der Waals surface area contributed by atoms with Gasteiger partial charge in [0.15, 0.2) is 6.10 Å². The van der Waals surface area contributed by atoms with Crippen LogP contribution >= 0.6 is 0 Å². The molecular formula is C17H17NO3. The summed E-state index contributed by atoms with van der Waals surface area (Å²) in [6.07, 6.45) is 1.25. The van der Waals surface area contributed by atoms with Crippen molar-refractivity contribution >= 4 is 22.6 Å². The second-order valence-corrected chi connectivity index (χ2v) is 5.39. The Hall–Kier alpha value is -2.36. The molecule has 0 spiro atoms. The Morgan fingerprint density at radius 1 is 1.14 bits per heavy atom. The maximum absolute atomic E-state index is 12.1. The molecule has 21 heavy (non-hydrogen) atoms. The summed E-state index contributed by atoms with van der Waals surface area (Å²) in [5.41, 5.74) is 0.458. The van der Waals surface area contributed by atoms with Crippen molar-refractivity contribution < 1.29 is 14.3 Å². The van der Waals surface area contributed by atoms with E-state index >= 15 is 0 Å². The Morgan fingerprint density at radius 2 is 1.86 bits per heavy atom. The number of hydrogen-bond acceptors (Lipinski definition) is 3. The average Bonchev–Trinajstić information content (AvgIpc) is 3.30. The Bertz CT molecular complexity index is 691. The Balaban J connectivity index is 1.69. The molecule has 0 aromatic heterocycles. The molecule has 0 saturated heterocycles. The van der Waals surface area contributed by atoms with Crippen LogP contribution in [0.15, 0.2) is 42.5 Å². The molecule has 0 heterocycles. The average molecular weight is 283 g/mol. The van der Waals surface area contributed by atoms with Crippen LogP contribution in [-0.2, 0) is 9.53 Å². The fraction of sp³-hybridized carbons (Fsp3) is 0.294. The van der Waals surface area contributed by atoms with Gasteiger partial charge in [0.05, 0.1) is 5.56 Å². The first-order valence-corrected chi connectivity index (χ1v) is 7.13. The van der Waals surface area contributed by atoms with Gasteiger partial charge in [0.25, 0.3) is 5.91 Å². The third-order valence-corrected chi connectivity index (χ3v) is 3.56. The molecule has 0 bridgehead atoms. The first-order chi connectivity index (χ1) is 10.1. The summed E-state index contributed by atoms with van der Waals surface area (Å²) in [7, 11) is 0. The normalized spacial score (nSPS) is 15.5. The van der Waals surface area contributed by atoms with Crippen LogP contribution in [0.25, 0.3) is 10.8 Å². The molecule has 0 radical (unpaired) electrons. The van der Waals surface area contributed by atoms with Gasteiger partial charge < -0.3 is 10.1 Å². The third kappa shape index (κ3) is 3.21. The van der Waals surface area contributed by atoms with Crippen LogP contribution in [0.4, 0.5) is 0 Å². The van der Waals surface area contributed by atoms with Crippen LogP contribution in [0, 0.1) is 0 Å². The lowest BCUT2D eigenvalue weighted by molar-refractivity contribution is -0.129. The molecule has 1 saturated carbocycles. The molecule has 108 valence electrons. The molecule has 0 unspecified atom stereocenters. The molecular weight excluding hydrogens is 266 g/mol. The molecule has 1 aliphatic rings. The highest BCUT2D eigenvalue weighted by molar-refractivity contribution is 5.96. The first kappa shape index (κ1) is 13.6. The molecule has 2 aromatic carbocycles. The van der Waals surface area contributed by atoms with E-state index in [4.69, 9.17) is 4.74 Å². The maximum atomic E-state index is 12.1. The van der Waals surface area contributed by atoms with Crippen molar-refractivity contribution in [2.45, 2.75) is 31.9 Å². The monoisotopic (exact) mass is 283 g/mol. The van der Waals surface area contributed by atoms with Crippen molar-refractivity contribution in [3.63, 3.8) is 0 Å². The van der Waals surface area contributed by atoms with E-state index in [1.165, 1.54) is 0 Å². The molecule has 1 fully saturated rings. The molecule has 1 N–H and O–H groups in total. The standard InChI is InChI=1S/C17H17NO3/c1-11(16(19)18-15-8-9-15)21-17(20)14-7-6-12-4-2-3-5-13(12)10-14/h2-7,10-11,15H,8-9H2,1H3,(H,18,19)/t11-/m1/s1. The van der Waals surface area contributed by atoms with Crippen molar-refractivity contribution in [3.05, 3.63) is 48.0 Å². The molecule has 3 rings (SSSR count). The number of carbonyl (C=O) groups is 2. The molecule has 1 amide bonds. The van der Waals surface area contributed by atoms with Crippen molar-refractivity contribution in [2.75, 3.05) is 0 Å². The van der Waals surface area contributed by atoms with Gasteiger partial charge in [0, 0.05) is 6.04 Å². The molecule has 0 aliphatic heterocycles. The predicted molar refractivity (Wildman–Crippen MR) is 80.0 cm³/mol. The Morgan fingerprint density at radius 3 is 2.57 bits per heavy atom. The van der Waals surface area contributed by atoms with Crippen LogP contribution in [0.3, 0.4) is 0 Å². The summed E-state index contributed by atoms with van der Waals surface area (Å²) in [5, 5.41) is 4.86. The summed E-state index contributed by atoms with van der Waals surface area (Å²) in [5.74, 6) is -0.703. The number of benzene rings is 2. The summed E-state index contributed by atoms with van der Waals surface area (Å²) < 4.78 is 5.22. The summed E-state index contributed by atoms with van der Waals surface area (Å²) >= 11 is 0. The van der Waals surface area contributed by atoms with Crippen LogP contribution < -0.4 is 5.32 Å². The van der Waals surface area contributed by atoms with Gasteiger partial charge in [0.1, 0.15) is 0 Å². The summed E-state index contributed by atoms with van der Waals surface area (Å²) in [6.45, 7) is 1.59. The van der Waals surface area contributed by atoms with Gasteiger partial charge >= 0.3 is 5.97 Å². The lowest BCUT2D eigenvalue weighted by Crippen LogP contribution is -2.37. The van der Waals surface area contributed by atoms with Crippen molar-refractivity contribution in [1.82, 2.24) is 5.32 Å². The lowest BCUT2D eigenvalue weighted by atomic mass is 10.1. The van der Waals surface area contributed by atoms with Gasteiger partial charge in [-0.15, -0.1) is 0 Å². The molecule has 2 aromatic rings. The second kappa shape index (κ2) is 5.56. The van der Waals surface area contributed by atoms with E-state index in [9.17, 15) is 9.59 Å². The zero-order valence-corrected chi connectivity index (χ0v) is 11.8. The molecule has 4 heteroatoms. The Labute approximate surface area is 123 Å². The van der Waals surface area contributed by atoms with Crippen LogP contribution in [0.1, 0.15) is 30.1 Å². The first-order valence-electron chi connectivity index (χ1n) is 7.13. The van der Waals surface area contributed by atoms with E-state index in [-0.39, 0.29) is 11.9 Å². The van der Waals surface area contributed by atoms with Gasteiger partial charge in [-0.05, 0) is 42.7 Å². The number of carbonyl (C=O) groups excluding carboxylic acids is 2. The van der Waals surface area contributed by atoms with Crippen molar-refractivity contribution in [1.29, 1.82) is 0 Å². The van der Waals surface area contributed by atoms with Gasteiger partial charge in [0.2, 0.25) is 0 Å². The number of ether oxygens (including phenoxy) is 1. The smallest absolute Gasteiger partial charge is 0.338 e. The number of amides is 1. The molecule has 1 aliphatic carbocycles. The van der Waals surface area contributed by atoms with Crippen LogP contribution in [0.2, 0.25) is 0 Å². The highest BCUT2D eigenvalue weighted by atomic mass is 16.5. The van der Waals surface area contributed by atoms with Crippen LogP contribution in [-0.4, -0.2) is 24.0 Å². The van der Waals surface area contributed by atoms with Gasteiger partial charge in [-0.3, -0.25) is 4.79 Å². The van der Waals surface area contributed by atoms with E-state index < -0.39 is 12.1 Å². The fourth-order valence-corrected chi connectivity index (χ4v) is 2.14. The zero-order valence-electron chi connectivity index (χ0n) is 11.8.